The summed E-state index contributed by atoms with van der Waals surface area (Å²) < 4.78 is 25.9. The highest BCUT2D eigenvalue weighted by Crippen LogP contribution is 2.22. The Morgan fingerprint density at radius 2 is 1.72 bits per heavy atom. The van der Waals surface area contributed by atoms with Crippen molar-refractivity contribution in [2.45, 2.75) is 64.7 Å². The normalized spacial score (nSPS) is 26.1. The van der Waals surface area contributed by atoms with Crippen LogP contribution >= 0.6 is 0 Å². The fourth-order valence-corrected chi connectivity index (χ4v) is 5.69. The Kier molecular flexibility index (Phi) is 12.8. The zero-order chi connectivity index (χ0) is 33.2. The van der Waals surface area contributed by atoms with Crippen LogP contribution in [0.2, 0.25) is 0 Å². The molecule has 2 aliphatic heterocycles. The van der Waals surface area contributed by atoms with Crippen LogP contribution < -0.4 is 26.0 Å². The molecule has 0 radical (unpaired) electrons. The van der Waals surface area contributed by atoms with E-state index >= 15 is 0 Å². The van der Waals surface area contributed by atoms with Crippen LogP contribution in [-0.4, -0.2) is 97.9 Å². The molecule has 0 spiro atoms. The summed E-state index contributed by atoms with van der Waals surface area (Å²) in [7, 11) is 0. The molecule has 12 heteroatoms. The molecule has 0 unspecified atom stereocenters. The molecule has 46 heavy (non-hydrogen) atoms. The van der Waals surface area contributed by atoms with E-state index in [2.05, 4.69) is 33.1 Å². The van der Waals surface area contributed by atoms with Crippen molar-refractivity contribution in [2.24, 2.45) is 11.8 Å². The standard InChI is InChI=1S/C34H48FN5O6/c1-21(2)31-34(44)38-28(19-40-11-13-45-14-12-40)32(42)36-18-22(3)15-25-7-5-6-8-30(25)46-20-23(4)37-27(33(43)39-31)17-24-9-10-29(41)26(35)16-24/h5-10,16,21-23,27-28,31,37,41H,11-15,17-20H2,1-4H3,(H,36,42)(H,38,44)(H,39,43)/t22-,23-,27+,28-,31+/m0/s1. The molecule has 2 aliphatic rings. The number of para-hydroxylation sites is 1. The number of halogens is 1. The monoisotopic (exact) mass is 641 g/mol. The van der Waals surface area contributed by atoms with E-state index in [1.54, 1.807) is 6.07 Å². The van der Waals surface area contributed by atoms with Gasteiger partial charge in [0.15, 0.2) is 11.6 Å². The first-order chi connectivity index (χ1) is 22.0. The van der Waals surface area contributed by atoms with Gasteiger partial charge in [0.05, 0.1) is 19.3 Å². The van der Waals surface area contributed by atoms with Crippen LogP contribution in [0.15, 0.2) is 42.5 Å². The Bertz CT molecular complexity index is 1340. The van der Waals surface area contributed by atoms with Crippen LogP contribution in [0.1, 0.15) is 38.8 Å². The summed E-state index contributed by atoms with van der Waals surface area (Å²) in [5.41, 5.74) is 1.48. The third-order valence-corrected chi connectivity index (χ3v) is 8.33. The summed E-state index contributed by atoms with van der Waals surface area (Å²) in [4.78, 5) is 43.2. The second-order valence-electron chi connectivity index (χ2n) is 12.8. The maximum atomic E-state index is 14.2. The number of aromatic hydroxyl groups is 1. The van der Waals surface area contributed by atoms with Gasteiger partial charge in [0, 0.05) is 32.2 Å². The maximum Gasteiger partial charge on any atom is 0.243 e. The number of morpholine rings is 1. The molecule has 0 aromatic heterocycles. The van der Waals surface area contributed by atoms with Gasteiger partial charge in [-0.15, -0.1) is 0 Å². The van der Waals surface area contributed by atoms with Gasteiger partial charge in [-0.2, -0.15) is 0 Å². The van der Waals surface area contributed by atoms with E-state index < -0.39 is 41.5 Å². The SMILES string of the molecule is CC(C)[C@H]1NC(=O)[C@@H](Cc2ccc(O)c(F)c2)N[C@@H](C)COc2ccccc2C[C@H](C)CNC(=O)[C@H](CN2CCOCC2)NC1=O. The molecular formula is C34H48FN5O6. The number of hydrogen-bond donors (Lipinski definition) is 5. The average molecular weight is 642 g/mol. The second kappa shape index (κ2) is 16.7. The molecule has 1 fully saturated rings. The number of phenolic OH excluding ortho intramolecular Hbond substituents is 1. The van der Waals surface area contributed by atoms with Crippen molar-refractivity contribution >= 4 is 17.7 Å². The summed E-state index contributed by atoms with van der Waals surface area (Å²) in [6.07, 6.45) is 0.752. The molecule has 2 aromatic rings. The molecule has 0 aliphatic carbocycles. The minimum atomic E-state index is -0.940. The lowest BCUT2D eigenvalue weighted by Crippen LogP contribution is -2.61. The summed E-state index contributed by atoms with van der Waals surface area (Å²) in [5.74, 6) is -1.99. The fraction of sp³-hybridized carbons (Fsp3) is 0.559. The lowest BCUT2D eigenvalue weighted by molar-refractivity contribution is -0.134. The Balaban J connectivity index is 1.63. The lowest BCUT2D eigenvalue weighted by atomic mass is 9.99. The molecule has 5 N–H and O–H groups in total. The van der Waals surface area contributed by atoms with Gasteiger partial charge in [-0.3, -0.25) is 24.6 Å². The van der Waals surface area contributed by atoms with Crippen molar-refractivity contribution in [1.29, 1.82) is 0 Å². The van der Waals surface area contributed by atoms with Gasteiger partial charge in [-0.1, -0.05) is 45.0 Å². The highest BCUT2D eigenvalue weighted by atomic mass is 19.1. The van der Waals surface area contributed by atoms with E-state index in [-0.39, 0.29) is 36.8 Å². The molecule has 1 saturated heterocycles. The van der Waals surface area contributed by atoms with E-state index in [1.165, 1.54) is 12.1 Å². The largest absolute Gasteiger partial charge is 0.505 e. The van der Waals surface area contributed by atoms with Crippen molar-refractivity contribution in [3.63, 3.8) is 0 Å². The molecule has 0 saturated carbocycles. The Morgan fingerprint density at radius 1 is 0.978 bits per heavy atom. The molecule has 11 nitrogen and oxygen atoms in total. The fourth-order valence-electron chi connectivity index (χ4n) is 5.69. The molecule has 0 bridgehead atoms. The zero-order valence-corrected chi connectivity index (χ0v) is 27.2. The average Bonchev–Trinajstić information content (AvgIpc) is 3.03. The first-order valence-corrected chi connectivity index (χ1v) is 16.1. The van der Waals surface area contributed by atoms with Crippen molar-refractivity contribution < 1.29 is 33.4 Å². The number of carbonyl (C=O) groups excluding carboxylic acids is 3. The zero-order valence-electron chi connectivity index (χ0n) is 27.2. The summed E-state index contributed by atoms with van der Waals surface area (Å²) in [6, 6.07) is 8.77. The number of nitrogens with one attached hydrogen (secondary N) is 4. The minimum absolute atomic E-state index is 0.0839. The van der Waals surface area contributed by atoms with Gasteiger partial charge >= 0.3 is 0 Å². The Hall–Kier alpha value is -3.74. The highest BCUT2D eigenvalue weighted by Gasteiger charge is 2.33. The first-order valence-electron chi connectivity index (χ1n) is 16.1. The Morgan fingerprint density at radius 3 is 2.43 bits per heavy atom. The predicted molar refractivity (Wildman–Crippen MR) is 172 cm³/mol. The van der Waals surface area contributed by atoms with Crippen molar-refractivity contribution in [2.75, 3.05) is 46.0 Å². The number of fused-ring (bicyclic) bond motifs is 1. The topological polar surface area (TPSA) is 141 Å². The number of nitrogens with zero attached hydrogens (tertiary/aromatic N) is 1. The maximum absolute atomic E-state index is 14.2. The molecule has 2 aromatic carbocycles. The third-order valence-electron chi connectivity index (χ3n) is 8.33. The van der Waals surface area contributed by atoms with Gasteiger partial charge in [0.25, 0.3) is 0 Å². The van der Waals surface area contributed by atoms with Gasteiger partial charge in [-0.25, -0.2) is 4.39 Å². The van der Waals surface area contributed by atoms with Crippen LogP contribution in [0.25, 0.3) is 0 Å². The van der Waals surface area contributed by atoms with Gasteiger partial charge in [-0.05, 0) is 60.9 Å². The number of rotatable bonds is 5. The Labute approximate surface area is 270 Å². The number of hydrogen-bond acceptors (Lipinski definition) is 8. The van der Waals surface area contributed by atoms with E-state index in [4.69, 9.17) is 9.47 Å². The molecule has 252 valence electrons. The smallest absolute Gasteiger partial charge is 0.243 e. The first kappa shape index (κ1) is 35.1. The third kappa shape index (κ3) is 10.1. The molecular weight excluding hydrogens is 593 g/mol. The van der Waals surface area contributed by atoms with Crippen molar-refractivity contribution in [3.05, 3.63) is 59.4 Å². The van der Waals surface area contributed by atoms with Crippen LogP contribution in [0, 0.1) is 17.7 Å². The van der Waals surface area contributed by atoms with Crippen LogP contribution in [0.3, 0.4) is 0 Å². The quantitative estimate of drug-likeness (QED) is 0.333. The van der Waals surface area contributed by atoms with Crippen molar-refractivity contribution in [1.82, 2.24) is 26.2 Å². The van der Waals surface area contributed by atoms with E-state index in [1.807, 2.05) is 45.0 Å². The minimum Gasteiger partial charge on any atom is -0.505 e. The van der Waals surface area contributed by atoms with Crippen LogP contribution in [0.4, 0.5) is 4.39 Å². The second-order valence-corrected chi connectivity index (χ2v) is 12.8. The van der Waals surface area contributed by atoms with Crippen molar-refractivity contribution in [3.8, 4) is 11.5 Å². The number of benzene rings is 2. The highest BCUT2D eigenvalue weighted by molar-refractivity contribution is 5.93. The van der Waals surface area contributed by atoms with E-state index in [0.29, 0.717) is 51.4 Å². The molecule has 2 heterocycles. The predicted octanol–water partition coefficient (Wildman–Crippen LogP) is 1.77. The van der Waals surface area contributed by atoms with Crippen LogP contribution in [0.5, 0.6) is 11.5 Å². The molecule has 5 atom stereocenters. The number of phenols is 1. The van der Waals surface area contributed by atoms with Gasteiger partial charge in [0.2, 0.25) is 17.7 Å². The lowest BCUT2D eigenvalue weighted by Gasteiger charge is -2.32. The van der Waals surface area contributed by atoms with E-state index in [9.17, 15) is 23.9 Å². The van der Waals surface area contributed by atoms with Gasteiger partial charge < -0.3 is 30.5 Å². The van der Waals surface area contributed by atoms with Gasteiger partial charge in [0.1, 0.15) is 24.4 Å². The number of amides is 3. The van der Waals surface area contributed by atoms with E-state index in [0.717, 1.165) is 11.3 Å². The molecule has 3 amide bonds. The molecule has 4 rings (SSSR count). The summed E-state index contributed by atoms with van der Waals surface area (Å²) in [5, 5.41) is 21.8. The number of carbonyl (C=O) groups is 3. The summed E-state index contributed by atoms with van der Waals surface area (Å²) in [6.45, 7) is 10.9. The summed E-state index contributed by atoms with van der Waals surface area (Å²) >= 11 is 0. The number of ether oxygens (including phenoxy) is 2. The van der Waals surface area contributed by atoms with Crippen LogP contribution in [-0.2, 0) is 32.0 Å².